The first-order chi connectivity index (χ1) is 16.2. The van der Waals surface area contributed by atoms with Crippen LogP contribution in [-0.2, 0) is 4.74 Å². The second-order valence-electron chi connectivity index (χ2n) is 8.95. The number of hydrogen-bond acceptors (Lipinski definition) is 4. The van der Waals surface area contributed by atoms with Crippen molar-refractivity contribution in [1.29, 1.82) is 5.26 Å². The van der Waals surface area contributed by atoms with Crippen LogP contribution in [-0.4, -0.2) is 34.7 Å². The lowest BCUT2D eigenvalue weighted by Gasteiger charge is -2.33. The molecule has 6 rings (SSSR count). The molecule has 0 radical (unpaired) electrons. The maximum Gasteiger partial charge on any atom is 0.410 e. The van der Waals surface area contributed by atoms with Crippen molar-refractivity contribution in [2.75, 3.05) is 6.61 Å². The minimum absolute atomic E-state index is 0.0463. The van der Waals surface area contributed by atoms with E-state index in [1.165, 1.54) is 27.8 Å². The first kappa shape index (κ1) is 19.8. The van der Waals surface area contributed by atoms with E-state index in [1.807, 2.05) is 11.0 Å². The Hall–Kier alpha value is -3.91. The molecule has 1 saturated heterocycles. The summed E-state index contributed by atoms with van der Waals surface area (Å²) in [6, 6.07) is 22.7. The van der Waals surface area contributed by atoms with Crippen molar-refractivity contribution >= 4 is 11.7 Å². The van der Waals surface area contributed by atoms with Gasteiger partial charge in [0.1, 0.15) is 18.4 Å². The monoisotopic (exact) mass is 433 g/mol. The van der Waals surface area contributed by atoms with Crippen LogP contribution in [0.4, 0.5) is 4.79 Å². The summed E-state index contributed by atoms with van der Waals surface area (Å²) in [4.78, 5) is 19.3. The summed E-state index contributed by atoms with van der Waals surface area (Å²) < 4.78 is 5.94. The quantitative estimate of drug-likeness (QED) is 0.545. The molecule has 1 aromatic heterocycles. The number of fused-ring (bicyclic) bond motifs is 5. The summed E-state index contributed by atoms with van der Waals surface area (Å²) in [6.45, 7) is 0.346. The predicted molar refractivity (Wildman–Crippen MR) is 125 cm³/mol. The highest BCUT2D eigenvalue weighted by atomic mass is 16.6. The van der Waals surface area contributed by atoms with Crippen LogP contribution in [0.1, 0.15) is 47.6 Å². The van der Waals surface area contributed by atoms with Crippen molar-refractivity contribution in [1.82, 2.24) is 9.88 Å². The van der Waals surface area contributed by atoms with E-state index in [2.05, 4.69) is 65.7 Å². The average Bonchev–Trinajstić information content (AvgIpc) is 3.33. The largest absolute Gasteiger partial charge is 0.448 e. The lowest BCUT2D eigenvalue weighted by Crippen LogP contribution is -2.43. The Bertz CT molecular complexity index is 1260. The summed E-state index contributed by atoms with van der Waals surface area (Å²) in [5.41, 5.74) is 7.55. The van der Waals surface area contributed by atoms with Crippen molar-refractivity contribution in [3.8, 4) is 17.2 Å². The van der Waals surface area contributed by atoms with Gasteiger partial charge in [-0.15, -0.1) is 0 Å². The van der Waals surface area contributed by atoms with E-state index in [-0.39, 0.29) is 24.1 Å². The summed E-state index contributed by atoms with van der Waals surface area (Å²) in [5, 5.41) is 8.98. The first-order valence-corrected chi connectivity index (χ1v) is 11.4. The van der Waals surface area contributed by atoms with Crippen molar-refractivity contribution in [3.05, 3.63) is 95.3 Å². The molecule has 0 spiro atoms. The lowest BCUT2D eigenvalue weighted by molar-refractivity contribution is 0.0866. The van der Waals surface area contributed by atoms with E-state index in [0.717, 1.165) is 24.8 Å². The van der Waals surface area contributed by atoms with Gasteiger partial charge in [0.25, 0.3) is 0 Å². The van der Waals surface area contributed by atoms with Crippen LogP contribution in [0.3, 0.4) is 0 Å². The normalized spacial score (nSPS) is 20.6. The minimum atomic E-state index is -0.224. The zero-order chi connectivity index (χ0) is 22.4. The van der Waals surface area contributed by atoms with Crippen LogP contribution < -0.4 is 0 Å². The number of pyridine rings is 1. The molecule has 5 nitrogen and oxygen atoms in total. The van der Waals surface area contributed by atoms with Crippen molar-refractivity contribution < 1.29 is 9.53 Å². The fourth-order valence-electron chi connectivity index (χ4n) is 5.65. The van der Waals surface area contributed by atoms with E-state index >= 15 is 0 Å². The number of rotatable bonds is 3. The van der Waals surface area contributed by atoms with Crippen LogP contribution in [0.5, 0.6) is 0 Å². The molecule has 3 aromatic rings. The Morgan fingerprint density at radius 2 is 1.76 bits per heavy atom. The van der Waals surface area contributed by atoms with Crippen molar-refractivity contribution in [2.24, 2.45) is 0 Å². The maximum atomic E-state index is 13.2. The van der Waals surface area contributed by atoms with Gasteiger partial charge >= 0.3 is 6.09 Å². The van der Waals surface area contributed by atoms with Gasteiger partial charge in [0, 0.05) is 18.2 Å². The summed E-state index contributed by atoms with van der Waals surface area (Å²) in [7, 11) is 0. The van der Waals surface area contributed by atoms with Gasteiger partial charge in [0.15, 0.2) is 0 Å². The highest BCUT2D eigenvalue weighted by molar-refractivity contribution is 5.79. The smallest absolute Gasteiger partial charge is 0.410 e. The third kappa shape index (κ3) is 3.30. The molecule has 2 aromatic carbocycles. The molecule has 1 amide bonds. The molecular weight excluding hydrogens is 410 g/mol. The zero-order valence-electron chi connectivity index (χ0n) is 18.1. The molecule has 3 heterocycles. The Morgan fingerprint density at radius 1 is 1.03 bits per heavy atom. The van der Waals surface area contributed by atoms with Gasteiger partial charge in [-0.1, -0.05) is 60.7 Å². The first-order valence-electron chi connectivity index (χ1n) is 11.4. The topological polar surface area (TPSA) is 66.2 Å². The lowest BCUT2D eigenvalue weighted by atomic mass is 9.96. The highest BCUT2D eigenvalue weighted by Crippen LogP contribution is 2.45. The Morgan fingerprint density at radius 3 is 2.39 bits per heavy atom. The van der Waals surface area contributed by atoms with Crippen LogP contribution >= 0.6 is 0 Å². The average molecular weight is 434 g/mol. The fraction of sp³-hybridized carbons (Fsp3) is 0.250. The molecule has 0 N–H and O–H groups in total. The third-order valence-electron chi connectivity index (χ3n) is 7.19. The van der Waals surface area contributed by atoms with E-state index in [9.17, 15) is 4.79 Å². The van der Waals surface area contributed by atoms with Crippen LogP contribution in [0.25, 0.3) is 16.7 Å². The van der Waals surface area contributed by atoms with Crippen molar-refractivity contribution in [3.63, 3.8) is 0 Å². The van der Waals surface area contributed by atoms with Gasteiger partial charge < -0.3 is 4.74 Å². The summed E-state index contributed by atoms with van der Waals surface area (Å²) in [5.74, 6) is 0.0691. The number of nitrogens with zero attached hydrogens (tertiary/aromatic N) is 3. The van der Waals surface area contributed by atoms with Gasteiger partial charge in [0.05, 0.1) is 6.04 Å². The zero-order valence-corrected chi connectivity index (χ0v) is 18.1. The Kier molecular flexibility index (Phi) is 4.73. The number of hydrogen-bond donors (Lipinski definition) is 0. The van der Waals surface area contributed by atoms with Crippen LogP contribution in [0.15, 0.2) is 72.9 Å². The van der Waals surface area contributed by atoms with Crippen LogP contribution in [0, 0.1) is 11.3 Å². The van der Waals surface area contributed by atoms with Gasteiger partial charge in [0.2, 0.25) is 0 Å². The Balaban J connectivity index is 1.19. The third-order valence-corrected chi connectivity index (χ3v) is 7.19. The Labute approximate surface area is 192 Å². The van der Waals surface area contributed by atoms with Gasteiger partial charge in [-0.25, -0.2) is 9.78 Å². The minimum Gasteiger partial charge on any atom is -0.448 e. The maximum absolute atomic E-state index is 13.2. The molecule has 0 saturated carbocycles. The number of benzene rings is 2. The van der Waals surface area contributed by atoms with E-state index in [4.69, 9.17) is 10.00 Å². The number of carbonyl (C=O) groups is 1. The molecule has 3 aliphatic rings. The molecule has 5 heteroatoms. The number of aromatic nitrogens is 1. The van der Waals surface area contributed by atoms with E-state index in [0.29, 0.717) is 12.3 Å². The molecule has 1 aliphatic carbocycles. The second kappa shape index (κ2) is 7.90. The molecule has 2 unspecified atom stereocenters. The molecule has 1 fully saturated rings. The van der Waals surface area contributed by atoms with Gasteiger partial charge in [-0.3, -0.25) is 4.90 Å². The summed E-state index contributed by atoms with van der Waals surface area (Å²) >= 11 is 0. The van der Waals surface area contributed by atoms with Gasteiger partial charge in [-0.05, 0) is 58.7 Å². The number of amides is 1. The van der Waals surface area contributed by atoms with Crippen molar-refractivity contribution in [2.45, 2.75) is 37.3 Å². The number of carbonyl (C=O) groups excluding carboxylic acids is 1. The summed E-state index contributed by atoms with van der Waals surface area (Å²) in [6.07, 6.45) is 6.41. The highest BCUT2D eigenvalue weighted by Gasteiger charge is 2.41. The fourth-order valence-corrected chi connectivity index (χ4v) is 5.65. The standard InChI is InChI=1S/C28H23N3O2/c29-15-20-10-9-18(16-30-20)19-13-21-11-12-22(14-19)31(21)28(32)33-17-27-25-7-3-1-5-23(25)24-6-2-4-8-26(24)27/h1-10,13,16,21-22,27H,11-12,14,17H2. The van der Waals surface area contributed by atoms with E-state index < -0.39 is 0 Å². The number of ether oxygens (including phenoxy) is 1. The SMILES string of the molecule is N#Cc1ccc(C2=CC3CCC(C2)N3C(=O)OCC2c3ccccc3-c3ccccc32)cn1. The second-order valence-corrected chi connectivity index (χ2v) is 8.95. The van der Waals surface area contributed by atoms with E-state index in [1.54, 1.807) is 12.3 Å². The molecule has 2 aliphatic heterocycles. The number of nitriles is 1. The van der Waals surface area contributed by atoms with Gasteiger partial charge in [-0.2, -0.15) is 5.26 Å². The van der Waals surface area contributed by atoms with Crippen LogP contribution in [0.2, 0.25) is 0 Å². The molecule has 162 valence electrons. The molecule has 2 atom stereocenters. The predicted octanol–water partition coefficient (Wildman–Crippen LogP) is 5.52. The molecule has 33 heavy (non-hydrogen) atoms. The molecular formula is C28H23N3O2. The molecule has 2 bridgehead atoms.